The first-order valence-electron chi connectivity index (χ1n) is 15.4. The summed E-state index contributed by atoms with van der Waals surface area (Å²) < 4.78 is 5.38. The average molecular weight is 609 g/mol. The smallest absolute Gasteiger partial charge is 0.303 e. The topological polar surface area (TPSA) is 136 Å². The number of amides is 2. The van der Waals surface area contributed by atoms with Crippen molar-refractivity contribution in [3.05, 3.63) is 89.6 Å². The van der Waals surface area contributed by atoms with Crippen molar-refractivity contribution in [2.45, 2.75) is 57.9 Å². The number of aromatic nitrogens is 2. The van der Waals surface area contributed by atoms with Crippen molar-refractivity contribution >= 4 is 39.6 Å². The van der Waals surface area contributed by atoms with E-state index in [1.807, 2.05) is 61.5 Å². The molecule has 0 spiro atoms. The van der Waals surface area contributed by atoms with Crippen LogP contribution in [0.5, 0.6) is 5.75 Å². The molecule has 9 heteroatoms. The first-order chi connectivity index (χ1) is 21.8. The van der Waals surface area contributed by atoms with E-state index in [2.05, 4.69) is 38.8 Å². The van der Waals surface area contributed by atoms with Crippen LogP contribution in [0.3, 0.4) is 0 Å². The predicted octanol–water partition coefficient (Wildman–Crippen LogP) is 6.05. The lowest BCUT2D eigenvalue weighted by Crippen LogP contribution is -2.47. The second kappa shape index (κ2) is 14.6. The average Bonchev–Trinajstić information content (AvgIpc) is 3.56. The number of nitrogens with one attached hydrogen (secondary N) is 4. The van der Waals surface area contributed by atoms with E-state index in [0.29, 0.717) is 44.4 Å². The third-order valence-electron chi connectivity index (χ3n) is 8.25. The van der Waals surface area contributed by atoms with Gasteiger partial charge in [0.25, 0.3) is 0 Å². The summed E-state index contributed by atoms with van der Waals surface area (Å²) in [5.74, 6) is -0.640. The molecular weight excluding hydrogens is 568 g/mol. The molecule has 3 aromatic carbocycles. The molecule has 0 saturated carbocycles. The van der Waals surface area contributed by atoms with Crippen LogP contribution in [-0.2, 0) is 27.2 Å². The summed E-state index contributed by atoms with van der Waals surface area (Å²) in [6.45, 7) is 2.32. The molecular formula is C36H40N4O5. The van der Waals surface area contributed by atoms with E-state index in [1.54, 1.807) is 7.11 Å². The van der Waals surface area contributed by atoms with Gasteiger partial charge >= 0.3 is 5.97 Å². The Hall–Kier alpha value is -5.05. The standard InChI is InChI=1S/C36H40N4O5/c1-23-28(29-21-25(45-2)17-18-31(29)38-23)22-33(41)39-32(15-7-4-8-16-34(42)43)36(44)37-20-19-27-26-13-9-10-14-30(26)40-35(27)24-11-5-3-6-12-24/h3,5-6,9-14,17-18,21,32,38,40H,4,7-8,15-16,19-20,22H2,1-2H3,(H,37,44)(H,39,41)(H,42,43)/t32-/m0/s1. The Morgan fingerprint density at radius 1 is 0.867 bits per heavy atom. The molecule has 5 rings (SSSR count). The second-order valence-corrected chi connectivity index (χ2v) is 11.4. The fraction of sp³-hybridized carbons (Fsp3) is 0.306. The Morgan fingerprint density at radius 2 is 1.62 bits per heavy atom. The van der Waals surface area contributed by atoms with Crippen LogP contribution in [0, 0.1) is 6.92 Å². The molecule has 0 bridgehead atoms. The number of ether oxygens (including phenoxy) is 1. The zero-order chi connectivity index (χ0) is 31.8. The zero-order valence-corrected chi connectivity index (χ0v) is 25.7. The fourth-order valence-electron chi connectivity index (χ4n) is 5.94. The molecule has 2 aromatic heterocycles. The summed E-state index contributed by atoms with van der Waals surface area (Å²) in [5, 5.41) is 17.0. The molecule has 0 saturated heterocycles. The number of carbonyl (C=O) groups excluding carboxylic acids is 2. The van der Waals surface area contributed by atoms with Gasteiger partial charge in [-0.1, -0.05) is 61.4 Å². The van der Waals surface area contributed by atoms with E-state index >= 15 is 0 Å². The Kier molecular flexibility index (Phi) is 10.2. The highest BCUT2D eigenvalue weighted by Gasteiger charge is 2.22. The van der Waals surface area contributed by atoms with Crippen molar-refractivity contribution in [2.24, 2.45) is 0 Å². The highest BCUT2D eigenvalue weighted by Crippen LogP contribution is 2.31. The van der Waals surface area contributed by atoms with Gasteiger partial charge in [0.1, 0.15) is 11.8 Å². The number of aliphatic carboxylic acids is 1. The number of carboxylic acid groups (broad SMARTS) is 1. The van der Waals surface area contributed by atoms with Crippen molar-refractivity contribution in [1.29, 1.82) is 0 Å². The summed E-state index contributed by atoms with van der Waals surface area (Å²) in [4.78, 5) is 44.7. The Labute approximate surface area is 262 Å². The number of rotatable bonds is 15. The van der Waals surface area contributed by atoms with Crippen LogP contribution in [-0.4, -0.2) is 52.6 Å². The first-order valence-corrected chi connectivity index (χ1v) is 15.4. The minimum atomic E-state index is -0.838. The van der Waals surface area contributed by atoms with Crippen molar-refractivity contribution < 1.29 is 24.2 Å². The second-order valence-electron chi connectivity index (χ2n) is 11.4. The highest BCUT2D eigenvalue weighted by atomic mass is 16.5. The van der Waals surface area contributed by atoms with E-state index in [4.69, 9.17) is 9.84 Å². The molecule has 5 N–H and O–H groups in total. The van der Waals surface area contributed by atoms with Gasteiger partial charge in [0.05, 0.1) is 13.5 Å². The van der Waals surface area contributed by atoms with E-state index in [-0.39, 0.29) is 24.7 Å². The lowest BCUT2D eigenvalue weighted by molar-refractivity contribution is -0.137. The monoisotopic (exact) mass is 608 g/mol. The van der Waals surface area contributed by atoms with Crippen LogP contribution < -0.4 is 15.4 Å². The maximum Gasteiger partial charge on any atom is 0.303 e. The summed E-state index contributed by atoms with van der Waals surface area (Å²) in [6, 6.07) is 23.2. The molecule has 5 aromatic rings. The van der Waals surface area contributed by atoms with Crippen LogP contribution in [0.2, 0.25) is 0 Å². The number of benzene rings is 3. The molecule has 0 radical (unpaired) electrons. The number of unbranched alkanes of at least 4 members (excludes halogenated alkanes) is 2. The number of carboxylic acids is 1. The maximum absolute atomic E-state index is 13.5. The molecule has 1 atom stereocenters. The molecule has 45 heavy (non-hydrogen) atoms. The maximum atomic E-state index is 13.5. The minimum Gasteiger partial charge on any atom is -0.497 e. The number of carbonyl (C=O) groups is 3. The molecule has 2 amide bonds. The number of H-pyrrole nitrogens is 2. The van der Waals surface area contributed by atoms with Crippen LogP contribution in [0.1, 0.15) is 48.9 Å². The number of para-hydroxylation sites is 1. The third kappa shape index (κ3) is 7.73. The highest BCUT2D eigenvalue weighted by molar-refractivity contribution is 5.94. The molecule has 0 aliphatic rings. The van der Waals surface area contributed by atoms with Gasteiger partial charge < -0.3 is 30.4 Å². The predicted molar refractivity (Wildman–Crippen MR) is 176 cm³/mol. The third-order valence-corrected chi connectivity index (χ3v) is 8.25. The van der Waals surface area contributed by atoms with E-state index in [0.717, 1.165) is 49.9 Å². The van der Waals surface area contributed by atoms with E-state index in [9.17, 15) is 14.4 Å². The van der Waals surface area contributed by atoms with Gasteiger partial charge in [0, 0.05) is 46.2 Å². The normalized spacial score (nSPS) is 11.9. The van der Waals surface area contributed by atoms with Crippen molar-refractivity contribution in [2.75, 3.05) is 13.7 Å². The van der Waals surface area contributed by atoms with E-state index in [1.165, 1.54) is 0 Å². The molecule has 0 fully saturated rings. The van der Waals surface area contributed by atoms with Gasteiger partial charge in [-0.3, -0.25) is 14.4 Å². The summed E-state index contributed by atoms with van der Waals surface area (Å²) >= 11 is 0. The van der Waals surface area contributed by atoms with Gasteiger partial charge in [-0.2, -0.15) is 0 Å². The van der Waals surface area contributed by atoms with Crippen molar-refractivity contribution in [1.82, 2.24) is 20.6 Å². The summed E-state index contributed by atoms with van der Waals surface area (Å²) in [7, 11) is 1.60. The Bertz CT molecular complexity index is 1790. The lowest BCUT2D eigenvalue weighted by Gasteiger charge is -2.19. The first kappa shape index (κ1) is 31.4. The number of aromatic amines is 2. The number of aryl methyl sites for hydroxylation is 1. The van der Waals surface area contributed by atoms with Crippen LogP contribution >= 0.6 is 0 Å². The number of methoxy groups -OCH3 is 1. The Balaban J connectivity index is 1.28. The molecule has 0 unspecified atom stereocenters. The van der Waals surface area contributed by atoms with E-state index < -0.39 is 12.0 Å². The number of hydrogen-bond donors (Lipinski definition) is 5. The molecule has 0 aliphatic carbocycles. The van der Waals surface area contributed by atoms with Gasteiger partial charge in [-0.15, -0.1) is 0 Å². The molecule has 234 valence electrons. The Morgan fingerprint density at radius 3 is 2.40 bits per heavy atom. The van der Waals surface area contributed by atoms with Gasteiger partial charge in [-0.25, -0.2) is 0 Å². The van der Waals surface area contributed by atoms with Crippen LogP contribution in [0.15, 0.2) is 72.8 Å². The molecule has 9 nitrogen and oxygen atoms in total. The minimum absolute atomic E-state index is 0.0842. The summed E-state index contributed by atoms with van der Waals surface area (Å²) in [6.07, 6.45) is 3.02. The lowest BCUT2D eigenvalue weighted by atomic mass is 10.0. The van der Waals surface area contributed by atoms with Crippen LogP contribution in [0.4, 0.5) is 0 Å². The zero-order valence-electron chi connectivity index (χ0n) is 25.7. The summed E-state index contributed by atoms with van der Waals surface area (Å²) in [5.41, 5.74) is 6.92. The van der Waals surface area contributed by atoms with Gasteiger partial charge in [0.15, 0.2) is 0 Å². The molecule has 2 heterocycles. The largest absolute Gasteiger partial charge is 0.497 e. The van der Waals surface area contributed by atoms with Crippen LogP contribution in [0.25, 0.3) is 33.1 Å². The van der Waals surface area contributed by atoms with Gasteiger partial charge in [-0.05, 0) is 67.1 Å². The number of hydrogen-bond acceptors (Lipinski definition) is 4. The number of fused-ring (bicyclic) bond motifs is 2. The van der Waals surface area contributed by atoms with Crippen molar-refractivity contribution in [3.8, 4) is 17.0 Å². The fourth-order valence-corrected chi connectivity index (χ4v) is 5.94. The quantitative estimate of drug-likeness (QED) is 0.0922. The SMILES string of the molecule is COc1ccc2[nH]c(C)c(CC(=O)N[C@@H](CCCCCC(=O)O)C(=O)NCCc3c(-c4ccccc4)[nH]c4ccccc34)c2c1. The van der Waals surface area contributed by atoms with Gasteiger partial charge in [0.2, 0.25) is 11.8 Å². The molecule has 0 aliphatic heterocycles. The van der Waals surface area contributed by atoms with Crippen molar-refractivity contribution in [3.63, 3.8) is 0 Å².